The lowest BCUT2D eigenvalue weighted by molar-refractivity contribution is -0.135. The van der Waals surface area contributed by atoms with E-state index in [1.54, 1.807) is 0 Å². The molecule has 0 bridgehead atoms. The number of hydrogen-bond donors (Lipinski definition) is 0. The summed E-state index contributed by atoms with van der Waals surface area (Å²) in [6, 6.07) is 10.4. The lowest BCUT2D eigenvalue weighted by Crippen LogP contribution is -2.48. The maximum atomic E-state index is 13.1. The van der Waals surface area contributed by atoms with E-state index in [0.717, 1.165) is 25.7 Å². The van der Waals surface area contributed by atoms with Gasteiger partial charge >= 0.3 is 0 Å². The molecule has 0 radical (unpaired) electrons. The van der Waals surface area contributed by atoms with Gasteiger partial charge in [-0.1, -0.05) is 54.1 Å². The second kappa shape index (κ2) is 10.7. The van der Waals surface area contributed by atoms with Gasteiger partial charge in [-0.2, -0.15) is 0 Å². The first kappa shape index (κ1) is 21.8. The molecular formula is C25H31N3O2. The fourth-order valence-corrected chi connectivity index (χ4v) is 4.08. The summed E-state index contributed by atoms with van der Waals surface area (Å²) in [5.41, 5.74) is 2.56. The molecule has 0 unspecified atom stereocenters. The smallest absolute Gasteiger partial charge is 0.223 e. The largest absolute Gasteiger partial charge is 0.425 e. The van der Waals surface area contributed by atoms with Gasteiger partial charge < -0.3 is 9.32 Å². The Bertz CT molecular complexity index is 885. The molecule has 158 valence electrons. The van der Waals surface area contributed by atoms with Gasteiger partial charge in [-0.25, -0.2) is 0 Å². The van der Waals surface area contributed by atoms with Crippen molar-refractivity contribution in [3.8, 4) is 0 Å². The van der Waals surface area contributed by atoms with Crippen LogP contribution in [-0.2, 0) is 24.1 Å². The van der Waals surface area contributed by atoms with E-state index >= 15 is 0 Å². The number of aromatic nitrogens is 2. The summed E-state index contributed by atoms with van der Waals surface area (Å²) in [6.45, 7) is 9.86. The molecule has 1 amide bonds. The van der Waals surface area contributed by atoms with Crippen LogP contribution in [0.15, 0.2) is 71.7 Å². The molecule has 1 aromatic carbocycles. The maximum Gasteiger partial charge on any atom is 0.223 e. The monoisotopic (exact) mass is 405 g/mol. The third-order valence-electron chi connectivity index (χ3n) is 5.45. The number of benzene rings is 1. The summed E-state index contributed by atoms with van der Waals surface area (Å²) >= 11 is 0. The molecule has 0 N–H and O–H groups in total. The van der Waals surface area contributed by atoms with Gasteiger partial charge in [-0.05, 0) is 38.2 Å². The topological polar surface area (TPSA) is 59.2 Å². The molecule has 3 rings (SSSR count). The molecule has 5 nitrogen and oxygen atoms in total. The van der Waals surface area contributed by atoms with Gasteiger partial charge in [0.15, 0.2) is 0 Å². The van der Waals surface area contributed by atoms with E-state index in [0.29, 0.717) is 31.0 Å². The highest BCUT2D eigenvalue weighted by atomic mass is 16.4. The van der Waals surface area contributed by atoms with E-state index in [-0.39, 0.29) is 18.0 Å². The van der Waals surface area contributed by atoms with Gasteiger partial charge in [0.25, 0.3) is 0 Å². The van der Waals surface area contributed by atoms with Crippen molar-refractivity contribution in [2.45, 2.75) is 64.0 Å². The van der Waals surface area contributed by atoms with Crippen LogP contribution in [0.1, 0.15) is 50.0 Å². The van der Waals surface area contributed by atoms with E-state index in [1.165, 1.54) is 11.1 Å². The first-order valence-electron chi connectivity index (χ1n) is 10.7. The predicted octanol–water partition coefficient (Wildman–Crippen LogP) is 4.86. The number of carbonyl (C=O) groups is 1. The molecule has 0 fully saturated rings. The minimum absolute atomic E-state index is 0.0535. The lowest BCUT2D eigenvalue weighted by atomic mass is 9.92. The molecule has 1 aliphatic heterocycles. The Balaban J connectivity index is 1.58. The Morgan fingerprint density at radius 2 is 1.80 bits per heavy atom. The van der Waals surface area contributed by atoms with Crippen molar-refractivity contribution in [1.29, 1.82) is 0 Å². The molecule has 30 heavy (non-hydrogen) atoms. The summed E-state index contributed by atoms with van der Waals surface area (Å²) in [5.74, 6) is 1.25. The van der Waals surface area contributed by atoms with Crippen LogP contribution >= 0.6 is 0 Å². The Kier molecular flexibility index (Phi) is 7.77. The van der Waals surface area contributed by atoms with Crippen molar-refractivity contribution in [1.82, 2.24) is 15.1 Å². The Hall–Kier alpha value is -2.95. The Morgan fingerprint density at radius 1 is 1.10 bits per heavy atom. The zero-order chi connectivity index (χ0) is 21.3. The van der Waals surface area contributed by atoms with Crippen LogP contribution in [0.5, 0.6) is 0 Å². The average Bonchev–Trinajstić information content (AvgIpc) is 3.19. The average molecular weight is 406 g/mol. The first-order valence-corrected chi connectivity index (χ1v) is 10.7. The summed E-state index contributed by atoms with van der Waals surface area (Å²) in [5, 5.41) is 8.28. The van der Waals surface area contributed by atoms with E-state index in [2.05, 4.69) is 48.5 Å². The van der Waals surface area contributed by atoms with Crippen LogP contribution < -0.4 is 0 Å². The Labute approximate surface area is 179 Å². The molecular weight excluding hydrogens is 374 g/mol. The van der Waals surface area contributed by atoms with Crippen LogP contribution in [-0.4, -0.2) is 33.1 Å². The van der Waals surface area contributed by atoms with E-state index < -0.39 is 0 Å². The predicted molar refractivity (Wildman–Crippen MR) is 119 cm³/mol. The molecule has 5 heteroatoms. The summed E-state index contributed by atoms with van der Waals surface area (Å²) < 4.78 is 5.77. The standard InChI is InChI=1S/C25H31N3O2/c1-4-9-21-17-19(3)18-22(10-5-2)28(21)25(29)16-15-24-27-26-23(30-24)14-13-20-11-7-6-8-12-20/h4-8,11-12,17,21-22H,1-2,9-10,13-16,18H2,3H3/t21-,22-/m0/s1. The highest BCUT2D eigenvalue weighted by Gasteiger charge is 2.31. The molecule has 0 saturated carbocycles. The van der Waals surface area contributed by atoms with Crippen LogP contribution in [0.2, 0.25) is 0 Å². The second-order valence-corrected chi connectivity index (χ2v) is 7.86. The minimum Gasteiger partial charge on any atom is -0.425 e. The third-order valence-corrected chi connectivity index (χ3v) is 5.45. The van der Waals surface area contributed by atoms with Gasteiger partial charge in [0.2, 0.25) is 17.7 Å². The molecule has 0 aliphatic carbocycles. The summed E-state index contributed by atoms with van der Waals surface area (Å²) in [4.78, 5) is 15.1. The Morgan fingerprint density at radius 3 is 2.50 bits per heavy atom. The van der Waals surface area contributed by atoms with Crippen LogP contribution in [0, 0.1) is 0 Å². The third kappa shape index (κ3) is 5.78. The molecule has 2 heterocycles. The van der Waals surface area contributed by atoms with Crippen molar-refractivity contribution >= 4 is 5.91 Å². The molecule has 0 saturated heterocycles. The summed E-state index contributed by atoms with van der Waals surface area (Å²) in [6.07, 6.45) is 10.7. The van der Waals surface area contributed by atoms with Crippen LogP contribution in [0.25, 0.3) is 0 Å². The molecule has 0 spiro atoms. The zero-order valence-electron chi connectivity index (χ0n) is 17.8. The van der Waals surface area contributed by atoms with E-state index in [9.17, 15) is 4.79 Å². The number of nitrogens with zero attached hydrogens (tertiary/aromatic N) is 3. The second-order valence-electron chi connectivity index (χ2n) is 7.86. The van der Waals surface area contributed by atoms with Gasteiger partial charge in [0.05, 0.1) is 6.04 Å². The van der Waals surface area contributed by atoms with Gasteiger partial charge in [0, 0.05) is 25.3 Å². The lowest BCUT2D eigenvalue weighted by Gasteiger charge is -2.40. The SMILES string of the molecule is C=CC[C@H]1CC(C)=C[C@H](CC=C)N1C(=O)CCc1nnc(CCc2ccccc2)o1. The fraction of sp³-hybridized carbons (Fsp3) is 0.400. The molecule has 1 aliphatic rings. The van der Waals surface area contributed by atoms with Crippen molar-refractivity contribution in [2.24, 2.45) is 0 Å². The highest BCUT2D eigenvalue weighted by molar-refractivity contribution is 5.77. The number of carbonyl (C=O) groups excluding carboxylic acids is 1. The van der Waals surface area contributed by atoms with Crippen LogP contribution in [0.3, 0.4) is 0 Å². The van der Waals surface area contributed by atoms with Gasteiger partial charge in [-0.3, -0.25) is 4.79 Å². The molecule has 1 aromatic heterocycles. The molecule has 2 aromatic rings. The van der Waals surface area contributed by atoms with Crippen molar-refractivity contribution in [3.05, 3.63) is 84.6 Å². The zero-order valence-corrected chi connectivity index (χ0v) is 17.8. The normalized spacial score (nSPS) is 18.7. The number of amides is 1. The van der Waals surface area contributed by atoms with E-state index in [4.69, 9.17) is 4.42 Å². The van der Waals surface area contributed by atoms with E-state index in [1.807, 2.05) is 35.3 Å². The number of rotatable bonds is 10. The van der Waals surface area contributed by atoms with Crippen molar-refractivity contribution in [3.63, 3.8) is 0 Å². The highest BCUT2D eigenvalue weighted by Crippen LogP contribution is 2.28. The fourth-order valence-electron chi connectivity index (χ4n) is 4.08. The first-order chi connectivity index (χ1) is 14.6. The number of aryl methyl sites for hydroxylation is 3. The quantitative estimate of drug-likeness (QED) is 0.530. The molecule has 2 atom stereocenters. The summed E-state index contributed by atoms with van der Waals surface area (Å²) in [7, 11) is 0. The van der Waals surface area contributed by atoms with Crippen molar-refractivity contribution < 1.29 is 9.21 Å². The van der Waals surface area contributed by atoms with Crippen LogP contribution in [0.4, 0.5) is 0 Å². The van der Waals surface area contributed by atoms with Crippen molar-refractivity contribution in [2.75, 3.05) is 0 Å². The minimum atomic E-state index is 0.0535. The van der Waals surface area contributed by atoms with Gasteiger partial charge in [0.1, 0.15) is 0 Å². The van der Waals surface area contributed by atoms with Gasteiger partial charge in [-0.15, -0.1) is 23.4 Å². The number of hydrogen-bond acceptors (Lipinski definition) is 4. The maximum absolute atomic E-state index is 13.1.